The van der Waals surface area contributed by atoms with Crippen LogP contribution in [-0.4, -0.2) is 30.9 Å². The van der Waals surface area contributed by atoms with E-state index in [0.29, 0.717) is 16.8 Å². The molecule has 2 aromatic rings. The van der Waals surface area contributed by atoms with Crippen LogP contribution in [0, 0.1) is 0 Å². The molecule has 3 rings (SSSR count). The van der Waals surface area contributed by atoms with Crippen LogP contribution >= 0.6 is 15.9 Å². The van der Waals surface area contributed by atoms with E-state index in [9.17, 15) is 8.42 Å². The Morgan fingerprint density at radius 1 is 1.35 bits per heavy atom. The highest BCUT2D eigenvalue weighted by molar-refractivity contribution is 9.10. The molecule has 1 aromatic carbocycles. The molecule has 0 radical (unpaired) electrons. The van der Waals surface area contributed by atoms with Gasteiger partial charge in [0.2, 0.25) is 10.0 Å². The van der Waals surface area contributed by atoms with Gasteiger partial charge in [-0.1, -0.05) is 22.0 Å². The first-order valence-electron chi connectivity index (χ1n) is 7.26. The maximum Gasteiger partial charge on any atom is 0.247 e. The monoisotopic (exact) mass is 396 g/mol. The van der Waals surface area contributed by atoms with Crippen molar-refractivity contribution in [1.82, 2.24) is 9.29 Å². The minimum absolute atomic E-state index is 0.0453. The van der Waals surface area contributed by atoms with Gasteiger partial charge in [0.15, 0.2) is 0 Å². The van der Waals surface area contributed by atoms with Crippen LogP contribution in [0.3, 0.4) is 0 Å². The highest BCUT2D eigenvalue weighted by Crippen LogP contribution is 2.37. The quantitative estimate of drug-likeness (QED) is 0.751. The molecular formula is C16H17BrN2O3S. The first-order chi connectivity index (χ1) is 11.0. The molecule has 1 aliphatic rings. The lowest BCUT2D eigenvalue weighted by Crippen LogP contribution is -2.33. The van der Waals surface area contributed by atoms with E-state index in [0.717, 1.165) is 18.4 Å². The number of aromatic nitrogens is 1. The van der Waals surface area contributed by atoms with Crippen molar-refractivity contribution in [3.63, 3.8) is 0 Å². The van der Waals surface area contributed by atoms with Crippen molar-refractivity contribution in [2.24, 2.45) is 0 Å². The van der Waals surface area contributed by atoms with Crippen LogP contribution in [0.15, 0.2) is 52.1 Å². The summed E-state index contributed by atoms with van der Waals surface area (Å²) in [7, 11) is -2.17. The van der Waals surface area contributed by atoms with Gasteiger partial charge in [-0.05, 0) is 42.7 Å². The van der Waals surface area contributed by atoms with Crippen molar-refractivity contribution >= 4 is 26.0 Å². The minimum atomic E-state index is -3.65. The summed E-state index contributed by atoms with van der Waals surface area (Å²) >= 11 is 3.34. The molecule has 0 unspecified atom stereocenters. The standard InChI is InChI=1S/C16H17BrN2O3S/c1-22-15-7-4-13(17)9-16(15)23(20,21)19(14-5-6-14)11-12-3-2-8-18-10-12/h2-4,7-10,14H,5-6,11H2,1H3. The number of pyridine rings is 1. The fourth-order valence-corrected chi connectivity index (χ4v) is 4.79. The van der Waals surface area contributed by atoms with E-state index in [-0.39, 0.29) is 10.9 Å². The first kappa shape index (κ1) is 16.4. The summed E-state index contributed by atoms with van der Waals surface area (Å²) in [5.41, 5.74) is 0.872. The predicted molar refractivity (Wildman–Crippen MR) is 90.7 cm³/mol. The first-order valence-corrected chi connectivity index (χ1v) is 9.50. The van der Waals surface area contributed by atoms with E-state index in [1.165, 1.54) is 7.11 Å². The predicted octanol–water partition coefficient (Wildman–Crippen LogP) is 3.21. The number of hydrogen-bond donors (Lipinski definition) is 0. The van der Waals surface area contributed by atoms with E-state index in [1.54, 1.807) is 34.9 Å². The highest BCUT2D eigenvalue weighted by Gasteiger charge is 2.39. The van der Waals surface area contributed by atoms with E-state index >= 15 is 0 Å². The summed E-state index contributed by atoms with van der Waals surface area (Å²) < 4.78 is 33.8. The van der Waals surface area contributed by atoms with Crippen molar-refractivity contribution in [2.45, 2.75) is 30.3 Å². The van der Waals surface area contributed by atoms with Crippen LogP contribution < -0.4 is 4.74 Å². The van der Waals surface area contributed by atoms with Crippen LogP contribution in [0.2, 0.25) is 0 Å². The average molecular weight is 397 g/mol. The highest BCUT2D eigenvalue weighted by atomic mass is 79.9. The lowest BCUT2D eigenvalue weighted by molar-refractivity contribution is 0.381. The molecule has 23 heavy (non-hydrogen) atoms. The average Bonchev–Trinajstić information content (AvgIpc) is 3.38. The van der Waals surface area contributed by atoms with Gasteiger partial charge in [-0.15, -0.1) is 0 Å². The zero-order valence-electron chi connectivity index (χ0n) is 12.6. The number of halogens is 1. The second kappa shape index (κ2) is 6.59. The lowest BCUT2D eigenvalue weighted by Gasteiger charge is -2.23. The Bertz CT molecular complexity index is 792. The molecule has 0 N–H and O–H groups in total. The number of nitrogens with zero attached hydrogens (tertiary/aromatic N) is 2. The zero-order chi connectivity index (χ0) is 16.4. The summed E-state index contributed by atoms with van der Waals surface area (Å²) in [5, 5.41) is 0. The smallest absolute Gasteiger partial charge is 0.247 e. The molecule has 1 heterocycles. The van der Waals surface area contributed by atoms with Crippen LogP contribution in [0.25, 0.3) is 0 Å². The van der Waals surface area contributed by atoms with Crippen LogP contribution in [0.1, 0.15) is 18.4 Å². The zero-order valence-corrected chi connectivity index (χ0v) is 15.0. The maximum absolute atomic E-state index is 13.2. The minimum Gasteiger partial charge on any atom is -0.495 e. The molecule has 0 bridgehead atoms. The lowest BCUT2D eigenvalue weighted by atomic mass is 10.3. The third-order valence-corrected chi connectivity index (χ3v) is 6.14. The second-order valence-electron chi connectivity index (χ2n) is 5.44. The number of rotatable bonds is 6. The summed E-state index contributed by atoms with van der Waals surface area (Å²) in [5.74, 6) is 0.352. The van der Waals surface area contributed by atoms with Gasteiger partial charge >= 0.3 is 0 Å². The number of hydrogen-bond acceptors (Lipinski definition) is 4. The molecule has 1 aromatic heterocycles. The van der Waals surface area contributed by atoms with E-state index in [4.69, 9.17) is 4.74 Å². The van der Waals surface area contributed by atoms with E-state index < -0.39 is 10.0 Å². The summed E-state index contributed by atoms with van der Waals surface area (Å²) in [6.07, 6.45) is 5.14. The van der Waals surface area contributed by atoms with Gasteiger partial charge < -0.3 is 4.74 Å². The van der Waals surface area contributed by atoms with Crippen molar-refractivity contribution in [3.05, 3.63) is 52.8 Å². The Balaban J connectivity index is 2.00. The Morgan fingerprint density at radius 3 is 2.74 bits per heavy atom. The van der Waals surface area contributed by atoms with Gasteiger partial charge in [-0.3, -0.25) is 4.98 Å². The molecule has 1 aliphatic carbocycles. The number of ether oxygens (including phenoxy) is 1. The van der Waals surface area contributed by atoms with Crippen molar-refractivity contribution in [3.8, 4) is 5.75 Å². The van der Waals surface area contributed by atoms with Crippen molar-refractivity contribution < 1.29 is 13.2 Å². The molecule has 1 fully saturated rings. The normalized spacial score (nSPS) is 14.9. The fourth-order valence-electron chi connectivity index (χ4n) is 2.42. The van der Waals surface area contributed by atoms with Gasteiger partial charge in [-0.2, -0.15) is 4.31 Å². The Hall–Kier alpha value is -1.44. The second-order valence-corrected chi connectivity index (χ2v) is 8.21. The summed E-state index contributed by atoms with van der Waals surface area (Å²) in [6.45, 7) is 0.316. The number of sulfonamides is 1. The molecule has 122 valence electrons. The van der Waals surface area contributed by atoms with Gasteiger partial charge in [0.1, 0.15) is 10.6 Å². The summed E-state index contributed by atoms with van der Waals surface area (Å²) in [4.78, 5) is 4.25. The van der Waals surface area contributed by atoms with E-state index in [1.807, 2.05) is 12.1 Å². The van der Waals surface area contributed by atoms with Crippen molar-refractivity contribution in [1.29, 1.82) is 0 Å². The van der Waals surface area contributed by atoms with Gasteiger partial charge in [0.05, 0.1) is 7.11 Å². The van der Waals surface area contributed by atoms with Gasteiger partial charge in [0, 0.05) is 29.5 Å². The largest absolute Gasteiger partial charge is 0.495 e. The number of benzene rings is 1. The SMILES string of the molecule is COc1ccc(Br)cc1S(=O)(=O)N(Cc1cccnc1)C1CC1. The Kier molecular flexibility index (Phi) is 4.70. The molecule has 0 saturated heterocycles. The summed E-state index contributed by atoms with van der Waals surface area (Å²) in [6, 6.07) is 8.76. The van der Waals surface area contributed by atoms with Gasteiger partial charge in [0.25, 0.3) is 0 Å². The van der Waals surface area contributed by atoms with Crippen molar-refractivity contribution in [2.75, 3.05) is 7.11 Å². The Labute approximate surface area is 144 Å². The van der Waals surface area contributed by atoms with E-state index in [2.05, 4.69) is 20.9 Å². The third kappa shape index (κ3) is 3.57. The Morgan fingerprint density at radius 2 is 2.13 bits per heavy atom. The van der Waals surface area contributed by atoms with Gasteiger partial charge in [-0.25, -0.2) is 8.42 Å². The molecule has 0 spiro atoms. The number of methoxy groups -OCH3 is 1. The van der Waals surface area contributed by atoms with Crippen LogP contribution in [-0.2, 0) is 16.6 Å². The fraction of sp³-hybridized carbons (Fsp3) is 0.312. The van der Waals surface area contributed by atoms with Crippen LogP contribution in [0.5, 0.6) is 5.75 Å². The molecule has 7 heteroatoms. The molecule has 1 saturated carbocycles. The van der Waals surface area contributed by atoms with Crippen LogP contribution in [0.4, 0.5) is 0 Å². The maximum atomic E-state index is 13.2. The molecule has 0 amide bonds. The molecule has 0 aliphatic heterocycles. The molecule has 0 atom stereocenters. The topological polar surface area (TPSA) is 59.5 Å². The molecular weight excluding hydrogens is 380 g/mol. The third-order valence-electron chi connectivity index (χ3n) is 3.73. The molecule has 5 nitrogen and oxygen atoms in total.